The molecule has 32 heavy (non-hydrogen) atoms. The van der Waals surface area contributed by atoms with Crippen molar-refractivity contribution in [1.29, 1.82) is 0 Å². The van der Waals surface area contributed by atoms with Gasteiger partial charge in [-0.2, -0.15) is 0 Å². The molecule has 164 valence electrons. The highest BCUT2D eigenvalue weighted by Gasteiger charge is 2.30. The van der Waals surface area contributed by atoms with E-state index in [1.807, 2.05) is 80.5 Å². The maximum Gasteiger partial charge on any atom is 0.271 e. The monoisotopic (exact) mass is 447 g/mol. The molecule has 3 aromatic rings. The number of allylic oxidation sites excluding steroid dienone is 2. The van der Waals surface area contributed by atoms with Crippen LogP contribution >= 0.6 is 11.3 Å². The minimum Gasteiger partial charge on any atom is -0.497 e. The van der Waals surface area contributed by atoms with Crippen LogP contribution < -0.4 is 24.5 Å². The van der Waals surface area contributed by atoms with Crippen LogP contribution in [0.25, 0.3) is 6.08 Å². The minimum absolute atomic E-state index is 0.0858. The fourth-order valence-corrected chi connectivity index (χ4v) is 4.94. The van der Waals surface area contributed by atoms with Crippen LogP contribution in [0, 0.1) is 0 Å². The van der Waals surface area contributed by atoms with Crippen LogP contribution in [-0.2, 0) is 4.79 Å². The van der Waals surface area contributed by atoms with Gasteiger partial charge in [0, 0.05) is 31.1 Å². The van der Waals surface area contributed by atoms with Crippen molar-refractivity contribution in [2.45, 2.75) is 19.9 Å². The van der Waals surface area contributed by atoms with Crippen LogP contribution in [0.1, 0.15) is 31.0 Å². The van der Waals surface area contributed by atoms with Crippen molar-refractivity contribution < 1.29 is 9.53 Å². The normalized spacial score (nSPS) is 15.9. The van der Waals surface area contributed by atoms with Gasteiger partial charge in [-0.25, -0.2) is 4.99 Å². The zero-order valence-corrected chi connectivity index (χ0v) is 19.6. The van der Waals surface area contributed by atoms with Crippen molar-refractivity contribution in [3.05, 3.63) is 90.6 Å². The Kier molecular flexibility index (Phi) is 5.84. The number of carbonyl (C=O) groups excluding carboxylic acids is 1. The highest BCUT2D eigenvalue weighted by Crippen LogP contribution is 2.31. The van der Waals surface area contributed by atoms with Gasteiger partial charge in [-0.15, -0.1) is 0 Å². The number of methoxy groups -OCH3 is 1. The number of rotatable bonds is 5. The number of fused-ring (bicyclic) bond motifs is 1. The lowest BCUT2D eigenvalue weighted by molar-refractivity contribution is -0.114. The van der Waals surface area contributed by atoms with Gasteiger partial charge in [0.1, 0.15) is 5.75 Å². The topological polar surface area (TPSA) is 63.9 Å². The molecule has 6 nitrogen and oxygen atoms in total. The number of anilines is 1. The van der Waals surface area contributed by atoms with Gasteiger partial charge < -0.3 is 9.64 Å². The molecule has 1 atom stereocenters. The standard InChI is InChI=1S/C25H25N3O3S/c1-15-22(16(2)29)23(18-8-10-19(11-9-18)27(3)4)28-24(30)21(32-25(28)26-15)14-17-6-12-20(31-5)13-7-17/h6-14,23H,1-5H3/b21-14+/t23-/m1/s1. The van der Waals surface area contributed by atoms with Crippen molar-refractivity contribution in [2.75, 3.05) is 26.1 Å². The largest absolute Gasteiger partial charge is 0.497 e. The molecule has 0 aliphatic carbocycles. The van der Waals surface area contributed by atoms with Gasteiger partial charge in [0.25, 0.3) is 5.56 Å². The Balaban J connectivity index is 1.90. The van der Waals surface area contributed by atoms with Crippen molar-refractivity contribution in [3.63, 3.8) is 0 Å². The van der Waals surface area contributed by atoms with E-state index < -0.39 is 6.04 Å². The zero-order valence-electron chi connectivity index (χ0n) is 18.7. The zero-order chi connectivity index (χ0) is 23.0. The van der Waals surface area contributed by atoms with E-state index in [1.165, 1.54) is 18.3 Å². The number of benzene rings is 2. The first kappa shape index (κ1) is 21.8. The SMILES string of the molecule is COc1ccc(/C=c2/sc3n(c2=O)[C@H](c2ccc(N(C)C)cc2)C(C(C)=O)=C(C)N=3)cc1. The molecular formula is C25H25N3O3S. The van der Waals surface area contributed by atoms with E-state index in [-0.39, 0.29) is 11.3 Å². The Morgan fingerprint density at radius 1 is 1.12 bits per heavy atom. The summed E-state index contributed by atoms with van der Waals surface area (Å²) in [5.41, 5.74) is 3.86. The average molecular weight is 448 g/mol. The summed E-state index contributed by atoms with van der Waals surface area (Å²) in [6.07, 6.45) is 1.85. The van der Waals surface area contributed by atoms with Crippen LogP contribution in [-0.4, -0.2) is 31.6 Å². The van der Waals surface area contributed by atoms with Gasteiger partial charge in [-0.1, -0.05) is 35.6 Å². The Labute approximate surface area is 190 Å². The molecule has 2 heterocycles. The number of thiazole rings is 1. The summed E-state index contributed by atoms with van der Waals surface area (Å²) < 4.78 is 7.43. The fraction of sp³-hybridized carbons (Fsp3) is 0.240. The highest BCUT2D eigenvalue weighted by atomic mass is 32.1. The molecule has 0 unspecified atom stereocenters. The van der Waals surface area contributed by atoms with E-state index in [4.69, 9.17) is 4.74 Å². The first-order chi connectivity index (χ1) is 15.3. The molecular weight excluding hydrogens is 422 g/mol. The van der Waals surface area contributed by atoms with Crippen molar-refractivity contribution in [1.82, 2.24) is 4.57 Å². The molecule has 0 N–H and O–H groups in total. The summed E-state index contributed by atoms with van der Waals surface area (Å²) in [7, 11) is 5.57. The Morgan fingerprint density at radius 3 is 2.34 bits per heavy atom. The summed E-state index contributed by atoms with van der Waals surface area (Å²) in [5.74, 6) is 0.670. The third-order valence-electron chi connectivity index (χ3n) is 5.54. The molecule has 7 heteroatoms. The molecule has 0 saturated carbocycles. The second-order valence-electron chi connectivity index (χ2n) is 7.90. The lowest BCUT2D eigenvalue weighted by Gasteiger charge is -2.25. The fourth-order valence-electron chi connectivity index (χ4n) is 3.89. The number of Topliss-reactive ketones (excluding diaryl/α,β-unsaturated/α-hetero) is 1. The van der Waals surface area contributed by atoms with E-state index in [0.717, 1.165) is 22.6 Å². The van der Waals surface area contributed by atoms with Crippen molar-refractivity contribution >= 4 is 28.9 Å². The molecule has 0 amide bonds. The van der Waals surface area contributed by atoms with E-state index in [9.17, 15) is 9.59 Å². The highest BCUT2D eigenvalue weighted by molar-refractivity contribution is 7.07. The first-order valence-electron chi connectivity index (χ1n) is 10.2. The predicted molar refractivity (Wildman–Crippen MR) is 128 cm³/mol. The number of hydrogen-bond acceptors (Lipinski definition) is 6. The van der Waals surface area contributed by atoms with Crippen molar-refractivity contribution in [3.8, 4) is 5.75 Å². The number of carbonyl (C=O) groups is 1. The second kappa shape index (κ2) is 8.59. The van der Waals surface area contributed by atoms with Gasteiger partial charge in [-0.3, -0.25) is 14.2 Å². The summed E-state index contributed by atoms with van der Waals surface area (Å²) >= 11 is 1.33. The Bertz CT molecular complexity index is 1380. The van der Waals surface area contributed by atoms with Crippen LogP contribution in [0.3, 0.4) is 0 Å². The molecule has 0 bridgehead atoms. The average Bonchev–Trinajstić information content (AvgIpc) is 3.07. The number of ether oxygens (including phenoxy) is 1. The quantitative estimate of drug-likeness (QED) is 0.603. The molecule has 1 aliphatic heterocycles. The van der Waals surface area contributed by atoms with Gasteiger partial charge in [0.05, 0.1) is 17.7 Å². The minimum atomic E-state index is -0.502. The van der Waals surface area contributed by atoms with E-state index in [2.05, 4.69) is 4.99 Å². The van der Waals surface area contributed by atoms with Gasteiger partial charge >= 0.3 is 0 Å². The summed E-state index contributed by atoms with van der Waals surface area (Å²) in [5, 5.41) is 0. The molecule has 2 aromatic carbocycles. The third kappa shape index (κ3) is 3.91. The van der Waals surface area contributed by atoms with Crippen molar-refractivity contribution in [2.24, 2.45) is 4.99 Å². The molecule has 1 aromatic heterocycles. The maximum atomic E-state index is 13.5. The third-order valence-corrected chi connectivity index (χ3v) is 6.52. The van der Waals surface area contributed by atoms with Crippen LogP contribution in [0.2, 0.25) is 0 Å². The van der Waals surface area contributed by atoms with E-state index in [0.29, 0.717) is 20.6 Å². The van der Waals surface area contributed by atoms with E-state index in [1.54, 1.807) is 11.7 Å². The molecule has 0 spiro atoms. The summed E-state index contributed by atoms with van der Waals surface area (Å²) in [6, 6.07) is 15.0. The molecule has 0 radical (unpaired) electrons. The number of nitrogens with zero attached hydrogens (tertiary/aromatic N) is 3. The molecule has 1 aliphatic rings. The Hall–Kier alpha value is -3.45. The van der Waals surface area contributed by atoms with Crippen LogP contribution in [0.5, 0.6) is 5.75 Å². The van der Waals surface area contributed by atoms with Gasteiger partial charge in [0.15, 0.2) is 10.6 Å². The Morgan fingerprint density at radius 2 is 1.78 bits per heavy atom. The lowest BCUT2D eigenvalue weighted by atomic mass is 9.93. The van der Waals surface area contributed by atoms with Gasteiger partial charge in [-0.05, 0) is 55.3 Å². The molecule has 4 rings (SSSR count). The lowest BCUT2D eigenvalue weighted by Crippen LogP contribution is -2.39. The first-order valence-corrected chi connectivity index (χ1v) is 11.1. The molecule has 0 fully saturated rings. The van der Waals surface area contributed by atoms with Gasteiger partial charge in [0.2, 0.25) is 0 Å². The van der Waals surface area contributed by atoms with E-state index >= 15 is 0 Å². The van der Waals surface area contributed by atoms with Crippen LogP contribution in [0.4, 0.5) is 5.69 Å². The number of hydrogen-bond donors (Lipinski definition) is 0. The molecule has 0 saturated heterocycles. The second-order valence-corrected chi connectivity index (χ2v) is 8.91. The van der Waals surface area contributed by atoms with Crippen LogP contribution in [0.15, 0.2) is 69.6 Å². The predicted octanol–water partition coefficient (Wildman–Crippen LogP) is 2.90. The maximum absolute atomic E-state index is 13.5. The summed E-state index contributed by atoms with van der Waals surface area (Å²) in [6.45, 7) is 3.36. The summed E-state index contributed by atoms with van der Waals surface area (Å²) in [4.78, 5) is 33.3. The number of ketones is 1. The number of aromatic nitrogens is 1. The smallest absolute Gasteiger partial charge is 0.271 e.